The fourth-order valence-corrected chi connectivity index (χ4v) is 7.01. The van der Waals surface area contributed by atoms with E-state index in [1.165, 1.54) is 16.3 Å². The van der Waals surface area contributed by atoms with Crippen molar-refractivity contribution in [2.45, 2.75) is 48.8 Å². The van der Waals surface area contributed by atoms with Gasteiger partial charge in [0.15, 0.2) is 0 Å². The first-order valence-corrected chi connectivity index (χ1v) is 10.5. The number of imidazole rings is 1. The van der Waals surface area contributed by atoms with Crippen LogP contribution in [-0.2, 0) is 10.6 Å². The topological polar surface area (TPSA) is 17.8 Å². The van der Waals surface area contributed by atoms with Crippen LogP contribution in [0.3, 0.4) is 0 Å². The maximum absolute atomic E-state index is 4.25. The summed E-state index contributed by atoms with van der Waals surface area (Å²) in [4.78, 5) is 4.25. The zero-order valence-corrected chi connectivity index (χ0v) is 18.2. The molecule has 0 saturated heterocycles. The molecule has 2 nitrogen and oxygen atoms in total. The molecule has 0 fully saturated rings. The molecule has 1 aromatic heterocycles. The van der Waals surface area contributed by atoms with Gasteiger partial charge in [-0.15, -0.1) is 35.9 Å². The molecule has 0 aliphatic carbocycles. The first-order valence-electron chi connectivity index (χ1n) is 8.79. The highest BCUT2D eigenvalue weighted by atomic mass is 35.5. The molecule has 0 aliphatic heterocycles. The summed E-state index contributed by atoms with van der Waals surface area (Å²) >= 11 is 4.10. The van der Waals surface area contributed by atoms with E-state index < -0.39 is 0 Å². The second kappa shape index (κ2) is 9.20. The molecule has 0 aliphatic rings. The molecule has 0 N–H and O–H groups in total. The van der Waals surface area contributed by atoms with Gasteiger partial charge in [-0.2, -0.15) is 0 Å². The summed E-state index contributed by atoms with van der Waals surface area (Å²) in [7, 11) is 0. The Labute approximate surface area is 171 Å². The smallest absolute Gasteiger partial charge is 0.104 e. The van der Waals surface area contributed by atoms with E-state index in [2.05, 4.69) is 85.9 Å². The van der Waals surface area contributed by atoms with Crippen molar-refractivity contribution >= 4 is 46.7 Å². The Hall–Kier alpha value is -1.10. The van der Waals surface area contributed by atoms with Gasteiger partial charge in [0.1, 0.15) is 4.08 Å². The average Bonchev–Trinajstić information content (AvgIpc) is 3.05. The molecule has 2 aromatic carbocycles. The molecule has 0 unspecified atom stereocenters. The van der Waals surface area contributed by atoms with Crippen molar-refractivity contribution in [3.63, 3.8) is 0 Å². The number of hydrogen-bond donors (Lipinski definition) is 0. The number of halogens is 1. The van der Waals surface area contributed by atoms with Crippen molar-refractivity contribution in [3.8, 4) is 0 Å². The summed E-state index contributed by atoms with van der Waals surface area (Å²) in [6.45, 7) is 10.1. The fourth-order valence-electron chi connectivity index (χ4n) is 3.14. The Bertz CT molecular complexity index is 806. The van der Waals surface area contributed by atoms with E-state index in [0.29, 0.717) is 10.5 Å². The van der Waals surface area contributed by atoms with Gasteiger partial charge in [0.25, 0.3) is 0 Å². The summed E-state index contributed by atoms with van der Waals surface area (Å²) in [5, 5.41) is 3.69. The number of thioether (sulfide) groups is 2. The zero-order chi connectivity index (χ0) is 17.9. The van der Waals surface area contributed by atoms with Gasteiger partial charge in [-0.05, 0) is 22.4 Å². The molecule has 0 bridgehead atoms. The maximum Gasteiger partial charge on any atom is 0.104 e. The Balaban J connectivity index is 0.00000243. The molecule has 140 valence electrons. The van der Waals surface area contributed by atoms with Crippen LogP contribution >= 0.6 is 35.9 Å². The molecule has 1 heterocycles. The third-order valence-electron chi connectivity index (χ3n) is 3.99. The number of benzene rings is 2. The standard InChI is InChI=1S/C21H26N2S2.ClH/c1-16(2)24-21(25-17(3)4,14-23-12-11-22-15-23)20-10-9-18-7-5-6-8-19(18)13-20;/h5-13,15-17H,14H2,1-4H3;1H. The van der Waals surface area contributed by atoms with Crippen LogP contribution in [0.1, 0.15) is 33.3 Å². The Morgan fingerprint density at radius 1 is 0.962 bits per heavy atom. The van der Waals surface area contributed by atoms with Gasteiger partial charge < -0.3 is 4.57 Å². The first-order chi connectivity index (χ1) is 12.0. The number of rotatable bonds is 7. The molecule has 3 rings (SSSR count). The van der Waals surface area contributed by atoms with Crippen molar-refractivity contribution in [1.82, 2.24) is 9.55 Å². The maximum atomic E-state index is 4.25. The van der Waals surface area contributed by atoms with Crippen molar-refractivity contribution in [2.24, 2.45) is 0 Å². The highest BCUT2D eigenvalue weighted by molar-refractivity contribution is 8.18. The van der Waals surface area contributed by atoms with Gasteiger partial charge >= 0.3 is 0 Å². The second-order valence-corrected chi connectivity index (χ2v) is 10.9. The minimum absolute atomic E-state index is 0. The lowest BCUT2D eigenvalue weighted by Gasteiger charge is -2.37. The Kier molecular flexibility index (Phi) is 7.51. The molecular formula is C21H27ClN2S2. The van der Waals surface area contributed by atoms with Crippen molar-refractivity contribution in [2.75, 3.05) is 0 Å². The van der Waals surface area contributed by atoms with Crippen LogP contribution in [0.25, 0.3) is 10.8 Å². The average molecular weight is 407 g/mol. The monoisotopic (exact) mass is 406 g/mol. The van der Waals surface area contributed by atoms with Gasteiger partial charge in [-0.25, -0.2) is 4.98 Å². The molecule has 0 radical (unpaired) electrons. The predicted octanol–water partition coefficient (Wildman–Crippen LogP) is 6.59. The minimum atomic E-state index is -0.0347. The quantitative estimate of drug-likeness (QED) is 0.412. The van der Waals surface area contributed by atoms with Crippen molar-refractivity contribution in [3.05, 3.63) is 66.7 Å². The summed E-state index contributed by atoms with van der Waals surface area (Å²) < 4.78 is 2.17. The molecule has 0 saturated carbocycles. The van der Waals surface area contributed by atoms with Gasteiger partial charge in [-0.1, -0.05) is 64.1 Å². The van der Waals surface area contributed by atoms with E-state index in [1.807, 2.05) is 36.0 Å². The van der Waals surface area contributed by atoms with E-state index >= 15 is 0 Å². The summed E-state index contributed by atoms with van der Waals surface area (Å²) in [6.07, 6.45) is 5.86. The van der Waals surface area contributed by atoms with Crippen molar-refractivity contribution in [1.29, 1.82) is 0 Å². The SMILES string of the molecule is CC(C)SC(Cn1ccnc1)(SC(C)C)c1ccc2ccccc2c1.Cl. The lowest BCUT2D eigenvalue weighted by molar-refractivity contribution is 0.645. The van der Waals surface area contributed by atoms with Gasteiger partial charge in [-0.3, -0.25) is 0 Å². The molecule has 0 amide bonds. The van der Waals surface area contributed by atoms with Crippen LogP contribution in [-0.4, -0.2) is 20.1 Å². The Morgan fingerprint density at radius 2 is 1.62 bits per heavy atom. The number of fused-ring (bicyclic) bond motifs is 1. The Morgan fingerprint density at radius 3 is 2.19 bits per heavy atom. The number of hydrogen-bond acceptors (Lipinski definition) is 3. The normalized spacial score (nSPS) is 11.9. The van der Waals surface area contributed by atoms with E-state index in [9.17, 15) is 0 Å². The minimum Gasteiger partial charge on any atom is -0.335 e. The molecular weight excluding hydrogens is 380 g/mol. The lowest BCUT2D eigenvalue weighted by atomic mass is 10.0. The van der Waals surface area contributed by atoms with E-state index in [1.54, 1.807) is 0 Å². The zero-order valence-electron chi connectivity index (χ0n) is 15.8. The van der Waals surface area contributed by atoms with Crippen molar-refractivity contribution < 1.29 is 0 Å². The summed E-state index contributed by atoms with van der Waals surface area (Å²) in [5.74, 6) is 0. The fraction of sp³-hybridized carbons (Fsp3) is 0.381. The van der Waals surface area contributed by atoms with Gasteiger partial charge in [0, 0.05) is 22.9 Å². The third-order valence-corrected chi connectivity index (χ3v) is 7.00. The summed E-state index contributed by atoms with van der Waals surface area (Å²) in [6, 6.07) is 15.6. The van der Waals surface area contributed by atoms with E-state index in [4.69, 9.17) is 0 Å². The van der Waals surface area contributed by atoms with Gasteiger partial charge in [0.2, 0.25) is 0 Å². The molecule has 5 heteroatoms. The summed E-state index contributed by atoms with van der Waals surface area (Å²) in [5.41, 5.74) is 1.39. The lowest BCUT2D eigenvalue weighted by Crippen LogP contribution is -2.28. The largest absolute Gasteiger partial charge is 0.335 e. The first kappa shape index (κ1) is 21.2. The highest BCUT2D eigenvalue weighted by Gasteiger charge is 2.36. The number of nitrogens with zero attached hydrogens (tertiary/aromatic N) is 2. The van der Waals surface area contributed by atoms with Gasteiger partial charge in [0.05, 0.1) is 12.9 Å². The second-order valence-electron chi connectivity index (χ2n) is 6.88. The molecule has 0 atom stereocenters. The van der Waals surface area contributed by atoms with Crippen LogP contribution in [0.15, 0.2) is 61.2 Å². The van der Waals surface area contributed by atoms with Crippen LogP contribution in [0, 0.1) is 0 Å². The van der Waals surface area contributed by atoms with E-state index in [0.717, 1.165) is 6.54 Å². The van der Waals surface area contributed by atoms with E-state index in [-0.39, 0.29) is 16.5 Å². The third kappa shape index (κ3) is 4.99. The van der Waals surface area contributed by atoms with Crippen LogP contribution in [0.4, 0.5) is 0 Å². The van der Waals surface area contributed by atoms with Crippen LogP contribution < -0.4 is 0 Å². The van der Waals surface area contributed by atoms with Crippen LogP contribution in [0.5, 0.6) is 0 Å². The molecule has 26 heavy (non-hydrogen) atoms. The highest BCUT2D eigenvalue weighted by Crippen LogP contribution is 2.51. The predicted molar refractivity (Wildman–Crippen MR) is 121 cm³/mol. The molecule has 3 aromatic rings. The molecule has 0 spiro atoms. The van der Waals surface area contributed by atoms with Crippen LogP contribution in [0.2, 0.25) is 0 Å². The number of aromatic nitrogens is 2.